The molecule has 1 unspecified atom stereocenters. The highest BCUT2D eigenvalue weighted by atomic mass is 16.2. The molecule has 0 radical (unpaired) electrons. The van der Waals surface area contributed by atoms with Crippen molar-refractivity contribution < 1.29 is 4.79 Å². The molecule has 0 spiro atoms. The molecular formula is C28H32N4O. The predicted molar refractivity (Wildman–Crippen MR) is 132 cm³/mol. The Bertz CT molecular complexity index is 1100. The van der Waals surface area contributed by atoms with Gasteiger partial charge in [-0.1, -0.05) is 60.7 Å². The Morgan fingerprint density at radius 2 is 1.61 bits per heavy atom. The standard InChI is InChI=1S/C28H32N4O/c1-21-25-19-26(33)32(16-8-13-22-9-4-2-5-10-22)28(25)30-27(29-21)24-15-18-31(20-24)17-14-23-11-6-3-7-12-23/h2-7,9-12,24H,8,13-20H2,1H3. The van der Waals surface area contributed by atoms with Crippen molar-refractivity contribution >= 4 is 11.7 Å². The van der Waals surface area contributed by atoms with Gasteiger partial charge in [0.25, 0.3) is 0 Å². The molecule has 170 valence electrons. The van der Waals surface area contributed by atoms with Crippen molar-refractivity contribution in [1.29, 1.82) is 0 Å². The van der Waals surface area contributed by atoms with Crippen LogP contribution in [-0.2, 0) is 24.1 Å². The second-order valence-electron chi connectivity index (χ2n) is 9.30. The van der Waals surface area contributed by atoms with Gasteiger partial charge in [-0.2, -0.15) is 0 Å². The summed E-state index contributed by atoms with van der Waals surface area (Å²) in [5, 5.41) is 0. The molecule has 2 aromatic carbocycles. The van der Waals surface area contributed by atoms with E-state index in [-0.39, 0.29) is 5.91 Å². The first-order valence-electron chi connectivity index (χ1n) is 12.2. The van der Waals surface area contributed by atoms with Gasteiger partial charge in [-0.3, -0.25) is 9.69 Å². The largest absolute Gasteiger partial charge is 0.302 e. The maximum absolute atomic E-state index is 12.8. The third-order valence-electron chi connectivity index (χ3n) is 6.98. The lowest BCUT2D eigenvalue weighted by molar-refractivity contribution is -0.117. The number of nitrogens with zero attached hydrogens (tertiary/aromatic N) is 4. The van der Waals surface area contributed by atoms with Crippen molar-refractivity contribution in [2.24, 2.45) is 0 Å². The summed E-state index contributed by atoms with van der Waals surface area (Å²) in [4.78, 5) is 27.0. The number of rotatable bonds is 8. The Morgan fingerprint density at radius 1 is 0.909 bits per heavy atom. The average Bonchev–Trinajstić information content (AvgIpc) is 3.44. The van der Waals surface area contributed by atoms with E-state index < -0.39 is 0 Å². The predicted octanol–water partition coefficient (Wildman–Crippen LogP) is 4.34. The fourth-order valence-electron chi connectivity index (χ4n) is 5.07. The molecule has 1 atom stereocenters. The maximum Gasteiger partial charge on any atom is 0.232 e. The van der Waals surface area contributed by atoms with E-state index in [9.17, 15) is 4.79 Å². The number of carbonyl (C=O) groups excluding carboxylic acids is 1. The molecule has 0 aliphatic carbocycles. The first-order valence-corrected chi connectivity index (χ1v) is 12.2. The Balaban J connectivity index is 1.24. The normalized spacial score (nSPS) is 18.2. The summed E-state index contributed by atoms with van der Waals surface area (Å²) < 4.78 is 0. The molecule has 1 aromatic heterocycles. The van der Waals surface area contributed by atoms with Crippen LogP contribution in [-0.4, -0.2) is 47.0 Å². The van der Waals surface area contributed by atoms with Crippen molar-refractivity contribution in [2.75, 3.05) is 31.1 Å². The minimum atomic E-state index is 0.156. The van der Waals surface area contributed by atoms with E-state index in [1.54, 1.807) is 0 Å². The van der Waals surface area contributed by atoms with Crippen molar-refractivity contribution in [2.45, 2.75) is 44.9 Å². The lowest BCUT2D eigenvalue weighted by atomic mass is 10.1. The number of hydrogen-bond donors (Lipinski definition) is 0. The van der Waals surface area contributed by atoms with Gasteiger partial charge in [0.15, 0.2) is 0 Å². The highest BCUT2D eigenvalue weighted by molar-refractivity contribution is 6.00. The van der Waals surface area contributed by atoms with Gasteiger partial charge in [0.2, 0.25) is 5.91 Å². The minimum absolute atomic E-state index is 0.156. The quantitative estimate of drug-likeness (QED) is 0.523. The molecule has 3 aromatic rings. The Labute approximate surface area is 196 Å². The fourth-order valence-corrected chi connectivity index (χ4v) is 5.07. The number of aryl methyl sites for hydroxylation is 2. The van der Waals surface area contributed by atoms with Crippen LogP contribution in [0.1, 0.15) is 47.0 Å². The number of amides is 1. The van der Waals surface area contributed by atoms with Crippen LogP contribution in [0.2, 0.25) is 0 Å². The Hall–Kier alpha value is -3.05. The van der Waals surface area contributed by atoms with Crippen LogP contribution < -0.4 is 4.90 Å². The molecule has 0 N–H and O–H groups in total. The number of benzene rings is 2. The van der Waals surface area contributed by atoms with E-state index in [0.717, 1.165) is 68.2 Å². The molecule has 1 saturated heterocycles. The van der Waals surface area contributed by atoms with Crippen LogP contribution >= 0.6 is 0 Å². The average molecular weight is 441 g/mol. The van der Waals surface area contributed by atoms with Crippen molar-refractivity contribution in [3.8, 4) is 0 Å². The van der Waals surface area contributed by atoms with Crippen LogP contribution in [0.4, 0.5) is 5.82 Å². The Morgan fingerprint density at radius 3 is 2.33 bits per heavy atom. The molecule has 0 saturated carbocycles. The lowest BCUT2D eigenvalue weighted by Crippen LogP contribution is -2.29. The van der Waals surface area contributed by atoms with E-state index in [4.69, 9.17) is 9.97 Å². The molecule has 3 heterocycles. The molecule has 5 rings (SSSR count). The number of likely N-dealkylation sites (tertiary alicyclic amines) is 1. The Kier molecular flexibility index (Phi) is 6.49. The van der Waals surface area contributed by atoms with Crippen LogP contribution in [0.15, 0.2) is 60.7 Å². The SMILES string of the molecule is Cc1nc(C2CCN(CCc3ccccc3)C2)nc2c1CC(=O)N2CCCc1ccccc1. The van der Waals surface area contributed by atoms with Gasteiger partial charge in [-0.05, 0) is 50.3 Å². The number of aromatic nitrogens is 2. The minimum Gasteiger partial charge on any atom is -0.302 e. The monoisotopic (exact) mass is 440 g/mol. The van der Waals surface area contributed by atoms with E-state index in [2.05, 4.69) is 59.5 Å². The molecule has 0 bridgehead atoms. The summed E-state index contributed by atoms with van der Waals surface area (Å²) in [5.41, 5.74) is 4.68. The van der Waals surface area contributed by atoms with Gasteiger partial charge in [-0.25, -0.2) is 9.97 Å². The van der Waals surface area contributed by atoms with Crippen LogP contribution in [0, 0.1) is 6.92 Å². The molecule has 1 fully saturated rings. The fraction of sp³-hybridized carbons (Fsp3) is 0.393. The summed E-state index contributed by atoms with van der Waals surface area (Å²) in [5.74, 6) is 2.27. The maximum atomic E-state index is 12.8. The van der Waals surface area contributed by atoms with Crippen LogP contribution in [0.25, 0.3) is 0 Å². The molecular weight excluding hydrogens is 408 g/mol. The third-order valence-corrected chi connectivity index (χ3v) is 6.98. The van der Waals surface area contributed by atoms with E-state index >= 15 is 0 Å². The summed E-state index contributed by atoms with van der Waals surface area (Å²) in [7, 11) is 0. The topological polar surface area (TPSA) is 49.3 Å². The first kappa shape index (κ1) is 21.8. The second kappa shape index (κ2) is 9.84. The summed E-state index contributed by atoms with van der Waals surface area (Å²) in [6.07, 6.45) is 4.48. The highest BCUT2D eigenvalue weighted by Gasteiger charge is 2.33. The van der Waals surface area contributed by atoms with E-state index in [0.29, 0.717) is 18.9 Å². The zero-order valence-electron chi connectivity index (χ0n) is 19.4. The van der Waals surface area contributed by atoms with Gasteiger partial charge in [0, 0.05) is 36.8 Å². The van der Waals surface area contributed by atoms with Crippen LogP contribution in [0.5, 0.6) is 0 Å². The van der Waals surface area contributed by atoms with Gasteiger partial charge < -0.3 is 4.90 Å². The van der Waals surface area contributed by atoms with E-state index in [1.165, 1.54) is 11.1 Å². The van der Waals surface area contributed by atoms with Crippen molar-refractivity contribution in [3.63, 3.8) is 0 Å². The van der Waals surface area contributed by atoms with Crippen molar-refractivity contribution in [1.82, 2.24) is 14.9 Å². The van der Waals surface area contributed by atoms with E-state index in [1.807, 2.05) is 17.9 Å². The molecule has 5 heteroatoms. The molecule has 5 nitrogen and oxygen atoms in total. The lowest BCUT2D eigenvalue weighted by Gasteiger charge is -2.19. The summed E-state index contributed by atoms with van der Waals surface area (Å²) in [6, 6.07) is 21.1. The molecule has 33 heavy (non-hydrogen) atoms. The van der Waals surface area contributed by atoms with Gasteiger partial charge >= 0.3 is 0 Å². The summed E-state index contributed by atoms with van der Waals surface area (Å²) in [6.45, 7) is 5.88. The highest BCUT2D eigenvalue weighted by Crippen LogP contribution is 2.33. The number of hydrogen-bond acceptors (Lipinski definition) is 4. The van der Waals surface area contributed by atoms with Gasteiger partial charge in [0.1, 0.15) is 11.6 Å². The van der Waals surface area contributed by atoms with Crippen molar-refractivity contribution in [3.05, 3.63) is 88.9 Å². The number of anilines is 1. The number of fused-ring (bicyclic) bond motifs is 1. The van der Waals surface area contributed by atoms with Crippen LogP contribution in [0.3, 0.4) is 0 Å². The third kappa shape index (κ3) is 4.98. The molecule has 1 amide bonds. The zero-order valence-corrected chi connectivity index (χ0v) is 19.4. The molecule has 2 aliphatic heterocycles. The zero-order chi connectivity index (χ0) is 22.6. The van der Waals surface area contributed by atoms with Gasteiger partial charge in [-0.15, -0.1) is 0 Å². The first-order chi connectivity index (χ1) is 16.2. The number of carbonyl (C=O) groups is 1. The summed E-state index contributed by atoms with van der Waals surface area (Å²) >= 11 is 0. The van der Waals surface area contributed by atoms with Gasteiger partial charge in [0.05, 0.1) is 6.42 Å². The smallest absolute Gasteiger partial charge is 0.232 e. The molecule has 2 aliphatic rings. The second-order valence-corrected chi connectivity index (χ2v) is 9.30.